The summed E-state index contributed by atoms with van der Waals surface area (Å²) in [5.41, 5.74) is 0.490. The summed E-state index contributed by atoms with van der Waals surface area (Å²) in [7, 11) is 1.58. The highest BCUT2D eigenvalue weighted by Gasteiger charge is 2.10. The van der Waals surface area contributed by atoms with Gasteiger partial charge in [-0.3, -0.25) is 0 Å². The average molecular weight is 243 g/mol. The summed E-state index contributed by atoms with van der Waals surface area (Å²) in [6, 6.07) is 4.38. The number of halogens is 1. The van der Waals surface area contributed by atoms with Gasteiger partial charge in [0.15, 0.2) is 11.6 Å². The van der Waals surface area contributed by atoms with E-state index in [0.717, 1.165) is 0 Å². The monoisotopic (exact) mass is 243 g/mol. The molecule has 0 saturated heterocycles. The minimum Gasteiger partial charge on any atom is -0.505 e. The van der Waals surface area contributed by atoms with Crippen LogP contribution in [0.15, 0.2) is 18.2 Å². The molecule has 0 amide bonds. The lowest BCUT2D eigenvalue weighted by molar-refractivity contribution is 0.148. The van der Waals surface area contributed by atoms with Crippen molar-refractivity contribution in [2.75, 3.05) is 20.3 Å². The number of para-hydroxylation sites is 1. The summed E-state index contributed by atoms with van der Waals surface area (Å²) in [4.78, 5) is 0. The van der Waals surface area contributed by atoms with Gasteiger partial charge in [-0.25, -0.2) is 4.39 Å². The number of ether oxygens (including phenoxy) is 1. The summed E-state index contributed by atoms with van der Waals surface area (Å²) < 4.78 is 18.0. The molecular weight excluding hydrogens is 225 g/mol. The molecule has 1 aromatic rings. The van der Waals surface area contributed by atoms with Crippen molar-refractivity contribution >= 4 is 0 Å². The lowest BCUT2D eigenvalue weighted by atomic mass is 10.1. The van der Waals surface area contributed by atoms with Crippen molar-refractivity contribution in [3.8, 4) is 5.75 Å². The van der Waals surface area contributed by atoms with Crippen molar-refractivity contribution in [2.24, 2.45) is 0 Å². The fourth-order valence-corrected chi connectivity index (χ4v) is 1.56. The first-order valence-electron chi connectivity index (χ1n) is 5.48. The number of hydrogen-bond acceptors (Lipinski definition) is 4. The van der Waals surface area contributed by atoms with Crippen molar-refractivity contribution < 1.29 is 19.3 Å². The minimum atomic E-state index is -0.630. The number of aliphatic hydroxyl groups is 1. The van der Waals surface area contributed by atoms with Crippen LogP contribution in [-0.2, 0) is 11.3 Å². The molecule has 1 unspecified atom stereocenters. The summed E-state index contributed by atoms with van der Waals surface area (Å²) in [6.45, 7) is 0.838. The molecule has 1 rings (SSSR count). The first kappa shape index (κ1) is 13.9. The Morgan fingerprint density at radius 3 is 2.88 bits per heavy atom. The van der Waals surface area contributed by atoms with Gasteiger partial charge in [0, 0.05) is 31.9 Å². The van der Waals surface area contributed by atoms with E-state index in [-0.39, 0.29) is 18.4 Å². The van der Waals surface area contributed by atoms with Gasteiger partial charge in [0.25, 0.3) is 0 Å². The number of benzene rings is 1. The minimum absolute atomic E-state index is 0.0207. The van der Waals surface area contributed by atoms with E-state index in [0.29, 0.717) is 25.1 Å². The first-order valence-corrected chi connectivity index (χ1v) is 5.48. The third-order valence-corrected chi connectivity index (χ3v) is 2.50. The van der Waals surface area contributed by atoms with Crippen LogP contribution in [0.2, 0.25) is 0 Å². The maximum atomic E-state index is 13.1. The van der Waals surface area contributed by atoms with Gasteiger partial charge >= 0.3 is 0 Å². The van der Waals surface area contributed by atoms with E-state index in [2.05, 4.69) is 5.32 Å². The number of hydrogen-bond donors (Lipinski definition) is 3. The van der Waals surface area contributed by atoms with Crippen LogP contribution in [0.4, 0.5) is 4.39 Å². The Hall–Kier alpha value is -1.17. The van der Waals surface area contributed by atoms with Crippen molar-refractivity contribution in [1.82, 2.24) is 5.32 Å². The molecule has 17 heavy (non-hydrogen) atoms. The molecule has 0 heterocycles. The number of rotatable bonds is 7. The summed E-state index contributed by atoms with van der Waals surface area (Å²) in [5, 5.41) is 21.4. The highest BCUT2D eigenvalue weighted by molar-refractivity contribution is 5.33. The standard InChI is InChI=1S/C12H18FNO3/c1-17-8-10(5-6-15)14-7-9-3-2-4-11(13)12(9)16/h2-4,10,14-16H,5-8H2,1H3. The number of phenols is 1. The van der Waals surface area contributed by atoms with Crippen molar-refractivity contribution in [3.05, 3.63) is 29.6 Å². The Balaban J connectivity index is 2.55. The Kier molecular flexibility index (Phi) is 5.90. The maximum Gasteiger partial charge on any atom is 0.165 e. The molecule has 0 aliphatic rings. The summed E-state index contributed by atoms with van der Waals surface area (Å²) >= 11 is 0. The van der Waals surface area contributed by atoms with Gasteiger partial charge < -0.3 is 20.3 Å². The molecule has 0 fully saturated rings. The summed E-state index contributed by atoms with van der Waals surface area (Å²) in [6.07, 6.45) is 0.546. The molecule has 4 nitrogen and oxygen atoms in total. The molecular formula is C12H18FNO3. The zero-order valence-electron chi connectivity index (χ0n) is 9.82. The average Bonchev–Trinajstić information content (AvgIpc) is 2.31. The second-order valence-electron chi connectivity index (χ2n) is 3.79. The van der Waals surface area contributed by atoms with E-state index in [4.69, 9.17) is 9.84 Å². The van der Waals surface area contributed by atoms with E-state index in [9.17, 15) is 9.50 Å². The lowest BCUT2D eigenvalue weighted by Gasteiger charge is -2.17. The lowest BCUT2D eigenvalue weighted by Crippen LogP contribution is -2.33. The highest BCUT2D eigenvalue weighted by Crippen LogP contribution is 2.20. The fourth-order valence-electron chi connectivity index (χ4n) is 1.56. The van der Waals surface area contributed by atoms with E-state index >= 15 is 0 Å². The molecule has 1 aromatic carbocycles. The van der Waals surface area contributed by atoms with Crippen LogP contribution in [0, 0.1) is 5.82 Å². The first-order chi connectivity index (χ1) is 8.19. The molecule has 0 bridgehead atoms. The maximum absolute atomic E-state index is 13.1. The van der Waals surface area contributed by atoms with Crippen molar-refractivity contribution in [3.63, 3.8) is 0 Å². The Morgan fingerprint density at radius 1 is 1.47 bits per heavy atom. The van der Waals surface area contributed by atoms with Crippen molar-refractivity contribution in [2.45, 2.75) is 19.0 Å². The van der Waals surface area contributed by atoms with Gasteiger partial charge in [-0.2, -0.15) is 0 Å². The van der Waals surface area contributed by atoms with Crippen molar-refractivity contribution in [1.29, 1.82) is 0 Å². The Morgan fingerprint density at radius 2 is 2.24 bits per heavy atom. The smallest absolute Gasteiger partial charge is 0.165 e. The van der Waals surface area contributed by atoms with E-state index in [1.165, 1.54) is 6.07 Å². The number of phenolic OH excluding ortho intramolecular Hbond substituents is 1. The van der Waals surface area contributed by atoms with Crippen LogP contribution in [0.3, 0.4) is 0 Å². The van der Waals surface area contributed by atoms with Crippen LogP contribution < -0.4 is 5.32 Å². The number of nitrogens with one attached hydrogen (secondary N) is 1. The predicted octanol–water partition coefficient (Wildman–Crippen LogP) is 1.02. The molecule has 3 N–H and O–H groups in total. The van der Waals surface area contributed by atoms with E-state index in [1.807, 2.05) is 0 Å². The van der Waals surface area contributed by atoms with Gasteiger partial charge in [0.05, 0.1) is 6.61 Å². The third kappa shape index (κ3) is 4.30. The van der Waals surface area contributed by atoms with Crippen LogP contribution in [0.1, 0.15) is 12.0 Å². The van der Waals surface area contributed by atoms with Crippen LogP contribution in [-0.4, -0.2) is 36.6 Å². The van der Waals surface area contributed by atoms with Crippen LogP contribution in [0.25, 0.3) is 0 Å². The van der Waals surface area contributed by atoms with Gasteiger partial charge in [0.2, 0.25) is 0 Å². The molecule has 96 valence electrons. The highest BCUT2D eigenvalue weighted by atomic mass is 19.1. The van der Waals surface area contributed by atoms with Crippen LogP contribution >= 0.6 is 0 Å². The second kappa shape index (κ2) is 7.21. The number of aliphatic hydroxyl groups excluding tert-OH is 1. The zero-order chi connectivity index (χ0) is 12.7. The third-order valence-electron chi connectivity index (χ3n) is 2.50. The molecule has 5 heteroatoms. The van der Waals surface area contributed by atoms with Gasteiger partial charge in [0.1, 0.15) is 0 Å². The largest absolute Gasteiger partial charge is 0.505 e. The molecule has 1 atom stereocenters. The Labute approximate surface area is 100 Å². The molecule has 0 saturated carbocycles. The van der Waals surface area contributed by atoms with Crippen LogP contribution in [0.5, 0.6) is 5.75 Å². The predicted molar refractivity (Wildman–Crippen MR) is 62.3 cm³/mol. The fraction of sp³-hybridized carbons (Fsp3) is 0.500. The van der Waals surface area contributed by atoms with Gasteiger partial charge in [-0.05, 0) is 12.5 Å². The normalized spacial score (nSPS) is 12.6. The topological polar surface area (TPSA) is 61.7 Å². The molecule has 0 aromatic heterocycles. The van der Waals surface area contributed by atoms with Gasteiger partial charge in [-0.15, -0.1) is 0 Å². The molecule has 0 radical (unpaired) electrons. The van der Waals surface area contributed by atoms with E-state index in [1.54, 1.807) is 19.2 Å². The Bertz CT molecular complexity index is 341. The summed E-state index contributed by atoms with van der Waals surface area (Å²) in [5.74, 6) is -0.963. The second-order valence-corrected chi connectivity index (χ2v) is 3.79. The molecule has 0 spiro atoms. The number of aromatic hydroxyl groups is 1. The quantitative estimate of drug-likeness (QED) is 0.669. The molecule has 0 aliphatic carbocycles. The zero-order valence-corrected chi connectivity index (χ0v) is 9.82. The SMILES string of the molecule is COCC(CCO)NCc1cccc(F)c1O. The molecule has 0 aliphatic heterocycles. The number of methoxy groups -OCH3 is 1. The van der Waals surface area contributed by atoms with Gasteiger partial charge in [-0.1, -0.05) is 12.1 Å². The van der Waals surface area contributed by atoms with E-state index < -0.39 is 5.82 Å².